The van der Waals surface area contributed by atoms with Crippen LogP contribution in [0.25, 0.3) is 44.6 Å². The quantitative estimate of drug-likeness (QED) is 0.0130. The van der Waals surface area contributed by atoms with Gasteiger partial charge in [0.05, 0.1) is 22.3 Å². The number of carbonyl (C=O) groups is 4. The molecule has 0 fully saturated rings. The van der Waals surface area contributed by atoms with Crippen LogP contribution in [0.3, 0.4) is 0 Å². The SMILES string of the molecule is CC/C(=C(\C(=O)Nc1ccc(OCCN(C)C)cc1)c1ccc(O)cc1)c1ccc(C)cc1.CC/C(=C(\C(=O)Nc1ccc(OCCN(C)C)cc1)c1ccc(O)cc1)c1ccc(F)cc1.CC/C(=C(\C(=O)Nc1ccc(OCCN(C)C)cc1)c1ccc(O)cc1)c1ccc(O)cc1.CC/C(=C(\C(=O)Nc1ccc(OCCN(C)C)cc1)c1ccc(O)cc1)c1cccc(C)c1. The Balaban J connectivity index is 0.000000198. The van der Waals surface area contributed by atoms with Crippen LogP contribution in [0.2, 0.25) is 0 Å². The minimum Gasteiger partial charge on any atom is -0.508 e. The van der Waals surface area contributed by atoms with E-state index in [1.165, 1.54) is 12.1 Å². The Morgan fingerprint density at radius 2 is 0.477 bits per heavy atom. The van der Waals surface area contributed by atoms with Crippen LogP contribution in [0.1, 0.15) is 109 Å². The van der Waals surface area contributed by atoms with Crippen LogP contribution in [-0.2, 0) is 19.2 Å². The number of amides is 4. The van der Waals surface area contributed by atoms with E-state index in [1.54, 1.807) is 146 Å². The van der Waals surface area contributed by atoms with Crippen molar-refractivity contribution in [3.05, 3.63) is 353 Å². The van der Waals surface area contributed by atoms with Gasteiger partial charge in [-0.05, 0) is 333 Å². The van der Waals surface area contributed by atoms with Crippen LogP contribution < -0.4 is 40.2 Å². The van der Waals surface area contributed by atoms with Crippen molar-refractivity contribution in [3.63, 3.8) is 0 Å². The number of likely N-dealkylation sites (N-methyl/N-ethyl adjacent to an activating group) is 4. The third-order valence-corrected chi connectivity index (χ3v) is 21.0. The van der Waals surface area contributed by atoms with Crippen molar-refractivity contribution in [1.29, 1.82) is 0 Å². The Morgan fingerprint density at radius 1 is 0.265 bits per heavy atom. The number of ether oxygens (including phenoxy) is 4. The number of aryl methyl sites for hydroxylation is 2. The molecule has 0 spiro atoms. The first-order valence-corrected chi connectivity index (χ1v) is 44.0. The molecule has 0 saturated heterocycles. The molecule has 0 aromatic heterocycles. The van der Waals surface area contributed by atoms with Gasteiger partial charge in [-0.3, -0.25) is 19.2 Å². The second kappa shape index (κ2) is 51.6. The van der Waals surface area contributed by atoms with Crippen LogP contribution in [0.15, 0.2) is 291 Å². The topological polar surface area (TPSA) is 267 Å². The largest absolute Gasteiger partial charge is 0.508 e. The number of benzene rings is 12. The number of hydrogen-bond donors (Lipinski definition) is 9. The van der Waals surface area contributed by atoms with Gasteiger partial charge in [0.25, 0.3) is 23.6 Å². The lowest BCUT2D eigenvalue weighted by Crippen LogP contribution is -2.19. The fraction of sp³-hybridized carbons (Fsp3) is 0.236. The number of aromatic hydroxyl groups is 5. The molecule has 0 heterocycles. The summed E-state index contributed by atoms with van der Waals surface area (Å²) in [5.74, 6) is 2.46. The van der Waals surface area contributed by atoms with E-state index in [9.17, 15) is 49.1 Å². The van der Waals surface area contributed by atoms with Crippen molar-refractivity contribution < 1.29 is 68.0 Å². The highest BCUT2D eigenvalue weighted by atomic mass is 19.1. The van der Waals surface area contributed by atoms with Gasteiger partial charge in [-0.15, -0.1) is 0 Å². The van der Waals surface area contributed by atoms with E-state index in [-0.39, 0.29) is 58.2 Å². The zero-order valence-electron chi connectivity index (χ0n) is 77.9. The van der Waals surface area contributed by atoms with Crippen LogP contribution in [0.4, 0.5) is 27.1 Å². The van der Waals surface area contributed by atoms with Crippen LogP contribution >= 0.6 is 0 Å². The summed E-state index contributed by atoms with van der Waals surface area (Å²) in [6, 6.07) is 85.1. The fourth-order valence-electron chi connectivity index (χ4n) is 14.0. The van der Waals surface area contributed by atoms with Crippen molar-refractivity contribution >= 4 is 91.0 Å². The summed E-state index contributed by atoms with van der Waals surface area (Å²) in [6.45, 7) is 17.7. The number of nitrogens with zero attached hydrogens (tertiary/aromatic N) is 4. The summed E-state index contributed by atoms with van der Waals surface area (Å²) in [5.41, 5.74) is 17.1. The van der Waals surface area contributed by atoms with Gasteiger partial charge < -0.3 is 85.3 Å². The van der Waals surface area contributed by atoms with E-state index < -0.39 is 0 Å². The maximum Gasteiger partial charge on any atom is 0.256 e. The Bertz CT molecular complexity index is 5380. The number of hydrogen-bond acceptors (Lipinski definition) is 17. The smallest absolute Gasteiger partial charge is 0.256 e. The lowest BCUT2D eigenvalue weighted by Gasteiger charge is -2.16. The normalized spacial score (nSPS) is 11.8. The van der Waals surface area contributed by atoms with Crippen molar-refractivity contribution in [2.24, 2.45) is 0 Å². The number of anilines is 4. The van der Waals surface area contributed by atoms with E-state index in [0.29, 0.717) is 108 Å². The molecule has 4 amide bonds. The minimum atomic E-state index is -0.335. The predicted octanol–water partition coefficient (Wildman–Crippen LogP) is 21.6. The minimum absolute atomic E-state index is 0.114. The fourth-order valence-corrected chi connectivity index (χ4v) is 14.0. The molecule has 12 rings (SSSR count). The van der Waals surface area contributed by atoms with E-state index in [4.69, 9.17) is 18.9 Å². The van der Waals surface area contributed by atoms with Gasteiger partial charge in [-0.1, -0.05) is 160 Å². The molecule has 0 aliphatic heterocycles. The lowest BCUT2D eigenvalue weighted by molar-refractivity contribution is -0.111. The van der Waals surface area contributed by atoms with Crippen molar-refractivity contribution in [2.45, 2.75) is 67.2 Å². The predicted molar refractivity (Wildman–Crippen MR) is 534 cm³/mol. The highest BCUT2D eigenvalue weighted by Crippen LogP contribution is 2.38. The Hall–Kier alpha value is -14.6. The molecule has 0 atom stereocenters. The summed E-state index contributed by atoms with van der Waals surface area (Å²) in [4.78, 5) is 62.1. The molecule has 22 heteroatoms. The summed E-state index contributed by atoms with van der Waals surface area (Å²) in [6.07, 6.45) is 2.54. The van der Waals surface area contributed by atoms with Gasteiger partial charge in [0.15, 0.2) is 0 Å². The van der Waals surface area contributed by atoms with E-state index in [0.717, 1.165) is 116 Å². The number of halogens is 1. The number of carbonyl (C=O) groups excluding carboxylic acids is 4. The average molecular weight is 1780 g/mol. The summed E-state index contributed by atoms with van der Waals surface area (Å²) in [7, 11) is 16.0. The Morgan fingerprint density at radius 3 is 0.697 bits per heavy atom. The molecule has 12 aromatic rings. The first-order chi connectivity index (χ1) is 63.5. The number of allylic oxidation sites excluding steroid dienone is 4. The van der Waals surface area contributed by atoms with Gasteiger partial charge in [0, 0.05) is 48.9 Å². The standard InChI is InChI=1S/2C28H32N2O3.C27H29FN2O3.C27H30N2O4/c1-5-26(21-8-6-20(2)7-9-21)27(22-10-14-24(31)15-11-22)28(32)29-23-12-16-25(17-13-23)33-19-18-30(3)4;1-5-26(22-8-6-7-20(2)19-22)27(21-9-13-24(31)14-10-21)28(32)29-23-11-15-25(16-12-23)33-18-17-30(3)4;1-4-25(19-5-9-21(28)10-6-19)26(20-7-13-23(31)14-8-20)27(32)29-22-11-15-24(16-12-22)33-18-17-30(2)3;1-4-25(19-5-11-22(30)12-6-19)26(20-7-13-23(31)14-8-20)27(32)28-21-9-15-24(16-10-21)33-18-17-29(2)3/h6-17,31H,5,18-19H2,1-4H3,(H,29,32);6-16,19,31H,5,17-18H2,1-4H3,(H,29,32);5-16,31H,4,17-18H2,1-3H3,(H,29,32);5-16,30-31H,4,17-18H2,1-3H3,(H,28,32)/b2*27-26+;2*26-25+. The summed E-state index contributed by atoms with van der Waals surface area (Å²) < 4.78 is 36.4. The highest BCUT2D eigenvalue weighted by molar-refractivity contribution is 6.34. The molecule has 0 saturated carbocycles. The molecule has 12 aromatic carbocycles. The van der Waals surface area contributed by atoms with E-state index in [1.807, 2.05) is 235 Å². The number of rotatable bonds is 36. The molecule has 0 aliphatic carbocycles. The van der Waals surface area contributed by atoms with Gasteiger partial charge in [0.2, 0.25) is 0 Å². The zero-order chi connectivity index (χ0) is 95.2. The highest BCUT2D eigenvalue weighted by Gasteiger charge is 2.25. The Kier molecular flexibility index (Phi) is 39.6. The van der Waals surface area contributed by atoms with Crippen LogP contribution in [0.5, 0.6) is 51.7 Å². The number of phenols is 5. The van der Waals surface area contributed by atoms with Gasteiger partial charge >= 0.3 is 0 Å². The zero-order valence-corrected chi connectivity index (χ0v) is 77.9. The summed E-state index contributed by atoms with van der Waals surface area (Å²) in [5, 5.41) is 60.6. The maximum atomic E-state index is 13.5. The van der Waals surface area contributed by atoms with Gasteiger partial charge in [0.1, 0.15) is 84.0 Å². The van der Waals surface area contributed by atoms with E-state index >= 15 is 0 Å². The van der Waals surface area contributed by atoms with Crippen molar-refractivity contribution in [1.82, 2.24) is 19.6 Å². The average Bonchev–Trinajstić information content (AvgIpc) is 0.835. The number of phenolic OH excluding ortho intramolecular Hbond substituents is 5. The molecule has 9 N–H and O–H groups in total. The van der Waals surface area contributed by atoms with E-state index in [2.05, 4.69) is 37.1 Å². The lowest BCUT2D eigenvalue weighted by atomic mass is 9.91. The summed E-state index contributed by atoms with van der Waals surface area (Å²) >= 11 is 0. The van der Waals surface area contributed by atoms with Gasteiger partial charge in [-0.2, -0.15) is 0 Å². The molecular formula is C110H123FN8O13. The molecule has 688 valence electrons. The molecule has 21 nitrogen and oxygen atoms in total. The molecule has 0 aliphatic rings. The first-order valence-electron chi connectivity index (χ1n) is 44.0. The maximum absolute atomic E-state index is 13.5. The molecule has 0 bridgehead atoms. The van der Waals surface area contributed by atoms with Gasteiger partial charge in [-0.25, -0.2) is 4.39 Å². The molecular weight excluding hydrogens is 1660 g/mol. The van der Waals surface area contributed by atoms with Crippen molar-refractivity contribution in [3.8, 4) is 51.7 Å². The van der Waals surface area contributed by atoms with Crippen molar-refractivity contribution in [2.75, 3.05) is 130 Å². The number of nitrogens with one attached hydrogen (secondary N) is 4. The first kappa shape index (κ1) is 101. The van der Waals surface area contributed by atoms with Crippen LogP contribution in [-0.4, -0.2) is 178 Å². The van der Waals surface area contributed by atoms with Crippen LogP contribution in [0, 0.1) is 19.7 Å². The third-order valence-electron chi connectivity index (χ3n) is 21.0. The molecule has 132 heavy (non-hydrogen) atoms. The Labute approximate surface area is 776 Å². The second-order valence-corrected chi connectivity index (χ2v) is 32.3. The molecule has 0 unspecified atom stereocenters. The molecule has 0 radical (unpaired) electrons. The third kappa shape index (κ3) is 32.0. The monoisotopic (exact) mass is 1780 g/mol. The second-order valence-electron chi connectivity index (χ2n) is 32.3.